The first kappa shape index (κ1) is 13.4. The van der Waals surface area contributed by atoms with Gasteiger partial charge >= 0.3 is 0 Å². The largest absolute Gasteiger partial charge is 0.369 e. The number of primary amides is 1. The van der Waals surface area contributed by atoms with E-state index < -0.39 is 5.91 Å². The number of amides is 1. The lowest BCUT2D eigenvalue weighted by atomic mass is 10.2. The van der Waals surface area contributed by atoms with E-state index in [-0.39, 0.29) is 0 Å². The van der Waals surface area contributed by atoms with E-state index in [1.165, 1.54) is 19.3 Å². The molecule has 0 saturated carbocycles. The van der Waals surface area contributed by atoms with Crippen LogP contribution >= 0.6 is 0 Å². The van der Waals surface area contributed by atoms with E-state index in [1.54, 1.807) is 12.1 Å². The molecule has 4 N–H and O–H groups in total. The molecule has 0 saturated heterocycles. The minimum atomic E-state index is -0.446. The first-order valence-electron chi connectivity index (χ1n) is 6.69. The lowest BCUT2D eigenvalue weighted by Crippen LogP contribution is -2.10. The maximum Gasteiger partial charge on any atom is 0.248 e. The predicted molar refractivity (Wildman–Crippen MR) is 76.8 cm³/mol. The number of imidazole rings is 1. The van der Waals surface area contributed by atoms with Crippen LogP contribution in [0.15, 0.2) is 18.2 Å². The molecule has 0 radical (unpaired) electrons. The summed E-state index contributed by atoms with van der Waals surface area (Å²) in [5.41, 5.74) is 13.3. The molecule has 1 aromatic heterocycles. The van der Waals surface area contributed by atoms with Crippen molar-refractivity contribution in [2.24, 2.45) is 5.73 Å². The molecule has 0 spiro atoms. The van der Waals surface area contributed by atoms with Gasteiger partial charge in [0.1, 0.15) is 0 Å². The Balaban J connectivity index is 2.24. The number of nitrogen functional groups attached to an aromatic ring is 1. The quantitative estimate of drug-likeness (QED) is 0.781. The van der Waals surface area contributed by atoms with Gasteiger partial charge in [0.05, 0.1) is 11.0 Å². The molecule has 1 amide bonds. The second kappa shape index (κ2) is 5.73. The number of aryl methyl sites for hydroxylation is 1. The number of hydrogen-bond donors (Lipinski definition) is 2. The molecule has 2 rings (SSSR count). The smallest absolute Gasteiger partial charge is 0.248 e. The van der Waals surface area contributed by atoms with Crippen molar-refractivity contribution in [1.29, 1.82) is 0 Å². The third-order valence-electron chi connectivity index (χ3n) is 3.30. The predicted octanol–water partition coefficient (Wildman–Crippen LogP) is 2.30. The number of anilines is 1. The topological polar surface area (TPSA) is 86.9 Å². The number of carbonyl (C=O) groups excluding carboxylic acids is 1. The van der Waals surface area contributed by atoms with Crippen molar-refractivity contribution in [2.45, 2.75) is 39.2 Å². The summed E-state index contributed by atoms with van der Waals surface area (Å²) in [5, 5.41) is 0. The van der Waals surface area contributed by atoms with Gasteiger partial charge in [-0.05, 0) is 24.6 Å². The monoisotopic (exact) mass is 260 g/mol. The maximum atomic E-state index is 11.1. The third-order valence-corrected chi connectivity index (χ3v) is 3.30. The molecule has 0 aliphatic carbocycles. The van der Waals surface area contributed by atoms with Crippen LogP contribution in [0.4, 0.5) is 5.95 Å². The molecular weight excluding hydrogens is 240 g/mol. The molecule has 1 aromatic carbocycles. The number of nitrogens with two attached hydrogens (primary N) is 2. The van der Waals surface area contributed by atoms with Gasteiger partial charge in [0.2, 0.25) is 11.9 Å². The summed E-state index contributed by atoms with van der Waals surface area (Å²) in [6.07, 6.45) is 4.72. The fourth-order valence-electron chi connectivity index (χ4n) is 2.23. The van der Waals surface area contributed by atoms with Crippen LogP contribution in [0.25, 0.3) is 11.0 Å². The van der Waals surface area contributed by atoms with Crippen LogP contribution in [0.1, 0.15) is 43.0 Å². The Bertz CT molecular complexity index is 588. The SMILES string of the molecule is CCCCCCn1c(N)nc2cc(C(N)=O)ccc21. The van der Waals surface area contributed by atoms with E-state index >= 15 is 0 Å². The zero-order chi connectivity index (χ0) is 13.8. The van der Waals surface area contributed by atoms with Crippen molar-refractivity contribution in [3.63, 3.8) is 0 Å². The van der Waals surface area contributed by atoms with E-state index in [9.17, 15) is 4.79 Å². The fourth-order valence-corrected chi connectivity index (χ4v) is 2.23. The molecule has 2 aromatic rings. The van der Waals surface area contributed by atoms with E-state index in [1.807, 2.05) is 10.6 Å². The highest BCUT2D eigenvalue weighted by Gasteiger charge is 2.10. The second-order valence-electron chi connectivity index (χ2n) is 4.75. The lowest BCUT2D eigenvalue weighted by Gasteiger charge is -2.06. The number of carbonyl (C=O) groups is 1. The molecular formula is C14H20N4O. The molecule has 19 heavy (non-hydrogen) atoms. The number of benzene rings is 1. The summed E-state index contributed by atoms with van der Waals surface area (Å²) in [4.78, 5) is 15.4. The third kappa shape index (κ3) is 2.86. The van der Waals surface area contributed by atoms with Gasteiger partial charge in [-0.15, -0.1) is 0 Å². The van der Waals surface area contributed by atoms with Crippen molar-refractivity contribution in [3.8, 4) is 0 Å². The molecule has 0 aliphatic rings. The molecule has 1 heterocycles. The number of hydrogen-bond acceptors (Lipinski definition) is 3. The Kier molecular flexibility index (Phi) is 4.04. The van der Waals surface area contributed by atoms with Crippen LogP contribution < -0.4 is 11.5 Å². The summed E-state index contributed by atoms with van der Waals surface area (Å²) < 4.78 is 2.00. The minimum Gasteiger partial charge on any atom is -0.369 e. The molecule has 0 fully saturated rings. The summed E-state index contributed by atoms with van der Waals surface area (Å²) >= 11 is 0. The van der Waals surface area contributed by atoms with Crippen LogP contribution in [0.5, 0.6) is 0 Å². The van der Waals surface area contributed by atoms with E-state index in [0.717, 1.165) is 24.0 Å². The molecule has 0 aliphatic heterocycles. The summed E-state index contributed by atoms with van der Waals surface area (Å²) in [6.45, 7) is 3.05. The summed E-state index contributed by atoms with van der Waals surface area (Å²) in [7, 11) is 0. The van der Waals surface area contributed by atoms with Crippen LogP contribution in [-0.4, -0.2) is 15.5 Å². The fraction of sp³-hybridized carbons (Fsp3) is 0.429. The van der Waals surface area contributed by atoms with E-state index in [0.29, 0.717) is 11.5 Å². The first-order chi connectivity index (χ1) is 9.13. The van der Waals surface area contributed by atoms with Gasteiger partial charge in [-0.2, -0.15) is 0 Å². The summed E-state index contributed by atoms with van der Waals surface area (Å²) in [6, 6.07) is 5.27. The van der Waals surface area contributed by atoms with Crippen LogP contribution in [0, 0.1) is 0 Å². The number of fused-ring (bicyclic) bond motifs is 1. The standard InChI is InChI=1S/C14H20N4O/c1-2-3-4-5-8-18-12-7-6-10(13(15)19)9-11(12)17-14(18)16/h6-7,9H,2-5,8H2,1H3,(H2,15,19)(H2,16,17). The van der Waals surface area contributed by atoms with Gasteiger partial charge in [-0.1, -0.05) is 26.2 Å². The Morgan fingerprint density at radius 2 is 2.11 bits per heavy atom. The van der Waals surface area contributed by atoms with Gasteiger partial charge < -0.3 is 16.0 Å². The zero-order valence-corrected chi connectivity index (χ0v) is 11.2. The first-order valence-corrected chi connectivity index (χ1v) is 6.69. The molecule has 102 valence electrons. The van der Waals surface area contributed by atoms with E-state index in [2.05, 4.69) is 11.9 Å². The van der Waals surface area contributed by atoms with Crippen LogP contribution in [0.3, 0.4) is 0 Å². The second-order valence-corrected chi connectivity index (χ2v) is 4.75. The highest BCUT2D eigenvalue weighted by Crippen LogP contribution is 2.20. The van der Waals surface area contributed by atoms with Gasteiger partial charge in [-0.25, -0.2) is 4.98 Å². The highest BCUT2D eigenvalue weighted by molar-refractivity contribution is 5.96. The number of rotatable bonds is 6. The van der Waals surface area contributed by atoms with Gasteiger partial charge in [0.15, 0.2) is 0 Å². The normalized spacial score (nSPS) is 11.0. The molecule has 5 nitrogen and oxygen atoms in total. The van der Waals surface area contributed by atoms with Crippen LogP contribution in [0.2, 0.25) is 0 Å². The summed E-state index contributed by atoms with van der Waals surface area (Å²) in [5.74, 6) is 0.0473. The maximum absolute atomic E-state index is 11.1. The van der Waals surface area contributed by atoms with Crippen molar-refractivity contribution in [1.82, 2.24) is 9.55 Å². The Hall–Kier alpha value is -2.04. The van der Waals surface area contributed by atoms with Gasteiger partial charge in [0, 0.05) is 12.1 Å². The van der Waals surface area contributed by atoms with Gasteiger partial charge in [-0.3, -0.25) is 4.79 Å². The molecule has 0 unspecified atom stereocenters. The highest BCUT2D eigenvalue weighted by atomic mass is 16.1. The zero-order valence-electron chi connectivity index (χ0n) is 11.2. The minimum absolute atomic E-state index is 0.446. The molecule has 0 bridgehead atoms. The van der Waals surface area contributed by atoms with Crippen molar-refractivity contribution in [2.75, 3.05) is 5.73 Å². The van der Waals surface area contributed by atoms with Crippen molar-refractivity contribution in [3.05, 3.63) is 23.8 Å². The lowest BCUT2D eigenvalue weighted by molar-refractivity contribution is 0.100. The number of unbranched alkanes of at least 4 members (excludes halogenated alkanes) is 3. The molecule has 0 atom stereocenters. The van der Waals surface area contributed by atoms with Crippen LogP contribution in [-0.2, 0) is 6.54 Å². The number of aromatic nitrogens is 2. The number of nitrogens with zero attached hydrogens (tertiary/aromatic N) is 2. The van der Waals surface area contributed by atoms with Gasteiger partial charge in [0.25, 0.3) is 0 Å². The van der Waals surface area contributed by atoms with E-state index in [4.69, 9.17) is 11.5 Å². The average molecular weight is 260 g/mol. The Labute approximate surface area is 112 Å². The average Bonchev–Trinajstić information content (AvgIpc) is 2.69. The Morgan fingerprint density at radius 1 is 1.32 bits per heavy atom. The van der Waals surface area contributed by atoms with Crippen molar-refractivity contribution >= 4 is 22.9 Å². The van der Waals surface area contributed by atoms with Crippen molar-refractivity contribution < 1.29 is 4.79 Å². The molecule has 5 heteroatoms. The Morgan fingerprint density at radius 3 is 2.79 bits per heavy atom.